The van der Waals surface area contributed by atoms with E-state index in [9.17, 15) is 4.79 Å². The van der Waals surface area contributed by atoms with Crippen LogP contribution in [0.15, 0.2) is 18.2 Å². The number of anilines is 1. The van der Waals surface area contributed by atoms with Gasteiger partial charge in [-0.25, -0.2) is 9.80 Å². The molecule has 1 fully saturated rings. The molecule has 7 heteroatoms. The number of nitrogens with zero attached hydrogens (tertiary/aromatic N) is 2. The topological polar surface area (TPSA) is 58.8 Å². The third-order valence-electron chi connectivity index (χ3n) is 2.93. The van der Waals surface area contributed by atoms with Gasteiger partial charge in [-0.05, 0) is 18.6 Å². The second-order valence-electron chi connectivity index (χ2n) is 4.10. The van der Waals surface area contributed by atoms with E-state index in [1.165, 1.54) is 12.1 Å². The fourth-order valence-corrected chi connectivity index (χ4v) is 2.36. The van der Waals surface area contributed by atoms with E-state index in [2.05, 4.69) is 0 Å². The highest BCUT2D eigenvalue weighted by Gasteiger charge is 2.29. The molecule has 1 saturated heterocycles. The van der Waals surface area contributed by atoms with Gasteiger partial charge >= 0.3 is 6.09 Å². The average molecular weight is 300 g/mol. The number of amides is 1. The first kappa shape index (κ1) is 13.9. The lowest BCUT2D eigenvalue weighted by molar-refractivity contribution is 0.129. The number of hydrazine groups is 1. The number of nitrogens with two attached hydrogens (primary N) is 1. The zero-order valence-corrected chi connectivity index (χ0v) is 12.0. The highest BCUT2D eigenvalue weighted by Crippen LogP contribution is 2.31. The molecule has 0 aromatic heterocycles. The van der Waals surface area contributed by atoms with Crippen LogP contribution < -0.4 is 10.7 Å². The summed E-state index contributed by atoms with van der Waals surface area (Å²) in [7, 11) is 1.35. The smallest absolute Gasteiger partial charge is 0.428 e. The summed E-state index contributed by atoms with van der Waals surface area (Å²) in [5.74, 6) is 0. The zero-order chi connectivity index (χ0) is 14.0. The second kappa shape index (κ2) is 5.63. The van der Waals surface area contributed by atoms with E-state index >= 15 is 0 Å². The van der Waals surface area contributed by atoms with Gasteiger partial charge in [-0.1, -0.05) is 29.9 Å². The molecule has 1 amide bonds. The van der Waals surface area contributed by atoms with Crippen molar-refractivity contribution in [3.05, 3.63) is 28.8 Å². The van der Waals surface area contributed by atoms with E-state index in [4.69, 9.17) is 34.3 Å². The van der Waals surface area contributed by atoms with Crippen molar-refractivity contribution in [2.24, 2.45) is 5.73 Å². The Kier molecular flexibility index (Phi) is 4.11. The van der Waals surface area contributed by atoms with Gasteiger partial charge in [0.1, 0.15) is 4.99 Å². The van der Waals surface area contributed by atoms with Gasteiger partial charge in [-0.15, -0.1) is 0 Å². The fraction of sp³-hybridized carbons (Fsp3) is 0.333. The number of hydrogen-bond donors (Lipinski definition) is 1. The molecule has 0 atom stereocenters. The molecule has 0 saturated carbocycles. The zero-order valence-electron chi connectivity index (χ0n) is 10.4. The Labute approximate surface area is 121 Å². The van der Waals surface area contributed by atoms with E-state index in [0.29, 0.717) is 34.4 Å². The lowest BCUT2D eigenvalue weighted by Gasteiger charge is -2.29. The van der Waals surface area contributed by atoms with Crippen LogP contribution in [-0.4, -0.2) is 36.3 Å². The normalized spacial score (nSPS) is 14.6. The van der Waals surface area contributed by atoms with E-state index < -0.39 is 6.09 Å². The predicted octanol–water partition coefficient (Wildman–Crippen LogP) is 2.17. The number of hydrogen-bond acceptors (Lipinski definition) is 4. The molecule has 0 bridgehead atoms. The molecule has 1 aromatic carbocycles. The van der Waals surface area contributed by atoms with Gasteiger partial charge in [-0.3, -0.25) is 5.01 Å². The molecule has 0 aliphatic carbocycles. The van der Waals surface area contributed by atoms with Crippen LogP contribution in [0, 0.1) is 0 Å². The summed E-state index contributed by atoms with van der Waals surface area (Å²) >= 11 is 11.1. The minimum absolute atomic E-state index is 0.293. The molecule has 2 rings (SSSR count). The van der Waals surface area contributed by atoms with E-state index in [1.54, 1.807) is 23.2 Å². The molecule has 2 N–H and O–H groups in total. The monoisotopic (exact) mass is 299 g/mol. The van der Waals surface area contributed by atoms with Gasteiger partial charge in [-0.2, -0.15) is 0 Å². The first-order valence-corrected chi connectivity index (χ1v) is 6.55. The van der Waals surface area contributed by atoms with Crippen molar-refractivity contribution in [1.82, 2.24) is 5.01 Å². The fourth-order valence-electron chi connectivity index (χ4n) is 2.02. The minimum atomic E-state index is -0.408. The van der Waals surface area contributed by atoms with Crippen LogP contribution in [0.3, 0.4) is 0 Å². The Balaban J connectivity index is 2.37. The van der Waals surface area contributed by atoms with Crippen molar-refractivity contribution >= 4 is 40.6 Å². The molecule has 102 valence electrons. The number of ether oxygens (including phenoxy) is 1. The third-order valence-corrected chi connectivity index (χ3v) is 3.48. The van der Waals surface area contributed by atoms with Gasteiger partial charge in [0.15, 0.2) is 0 Å². The number of benzene rings is 1. The molecule has 5 nitrogen and oxygen atoms in total. The molecule has 1 aromatic rings. The maximum absolute atomic E-state index is 11.7. The summed E-state index contributed by atoms with van der Waals surface area (Å²) in [6.45, 7) is 1.29. The van der Waals surface area contributed by atoms with Gasteiger partial charge < -0.3 is 10.5 Å². The number of halogens is 1. The van der Waals surface area contributed by atoms with Crippen molar-refractivity contribution < 1.29 is 9.53 Å². The number of carbonyl (C=O) groups is 1. The number of rotatable bonds is 2. The molecular formula is C12H14ClN3O2S. The lowest BCUT2D eigenvalue weighted by Crippen LogP contribution is -2.41. The molecule has 0 spiro atoms. The second-order valence-corrected chi connectivity index (χ2v) is 4.95. The molecule has 19 heavy (non-hydrogen) atoms. The van der Waals surface area contributed by atoms with E-state index in [1.807, 2.05) is 0 Å². The van der Waals surface area contributed by atoms with Crippen LogP contribution in [0.1, 0.15) is 12.0 Å². The maximum Gasteiger partial charge on any atom is 0.428 e. The van der Waals surface area contributed by atoms with Crippen LogP contribution in [-0.2, 0) is 4.74 Å². The van der Waals surface area contributed by atoms with Crippen molar-refractivity contribution in [3.8, 4) is 0 Å². The third kappa shape index (κ3) is 2.74. The number of thiocarbonyl (C=S) groups is 1. The summed E-state index contributed by atoms with van der Waals surface area (Å²) in [4.78, 5) is 12.0. The first-order chi connectivity index (χ1) is 9.04. The first-order valence-electron chi connectivity index (χ1n) is 5.77. The number of carbonyl (C=O) groups excluding carboxylic acids is 1. The van der Waals surface area contributed by atoms with Gasteiger partial charge in [0.25, 0.3) is 0 Å². The van der Waals surface area contributed by atoms with Crippen LogP contribution in [0.2, 0.25) is 5.02 Å². The maximum atomic E-state index is 11.7. The van der Waals surface area contributed by atoms with Crippen molar-refractivity contribution in [2.75, 3.05) is 25.2 Å². The summed E-state index contributed by atoms with van der Waals surface area (Å²) in [5, 5.41) is 3.84. The van der Waals surface area contributed by atoms with Crippen LogP contribution in [0.25, 0.3) is 0 Å². The summed E-state index contributed by atoms with van der Waals surface area (Å²) in [6, 6.07) is 5.26. The van der Waals surface area contributed by atoms with E-state index in [0.717, 1.165) is 6.42 Å². The molecular weight excluding hydrogens is 286 g/mol. The predicted molar refractivity (Wildman–Crippen MR) is 78.4 cm³/mol. The standard InChI is InChI=1S/C12H14ClN3O2S/c1-18-12(17)16-6-2-5-15(16)10-7-8(11(14)19)3-4-9(10)13/h3-4,7H,2,5-6H2,1H3,(H2,14,19). The van der Waals surface area contributed by atoms with Crippen molar-refractivity contribution in [2.45, 2.75) is 6.42 Å². The van der Waals surface area contributed by atoms with Crippen molar-refractivity contribution in [1.29, 1.82) is 0 Å². The molecule has 0 unspecified atom stereocenters. The minimum Gasteiger partial charge on any atom is -0.452 e. The Morgan fingerprint density at radius 3 is 2.84 bits per heavy atom. The quantitative estimate of drug-likeness (QED) is 0.848. The molecule has 1 aliphatic heterocycles. The summed E-state index contributed by atoms with van der Waals surface area (Å²) in [6.07, 6.45) is 0.442. The largest absolute Gasteiger partial charge is 0.452 e. The molecule has 0 radical (unpaired) electrons. The summed E-state index contributed by atoms with van der Waals surface area (Å²) < 4.78 is 4.76. The summed E-state index contributed by atoms with van der Waals surface area (Å²) in [5.41, 5.74) is 7.03. The highest BCUT2D eigenvalue weighted by molar-refractivity contribution is 7.80. The molecule has 1 aliphatic rings. The Hall–Kier alpha value is -1.53. The van der Waals surface area contributed by atoms with Crippen LogP contribution in [0.5, 0.6) is 0 Å². The van der Waals surface area contributed by atoms with E-state index in [-0.39, 0.29) is 0 Å². The van der Waals surface area contributed by atoms with Crippen LogP contribution in [0.4, 0.5) is 10.5 Å². The number of methoxy groups -OCH3 is 1. The van der Waals surface area contributed by atoms with Gasteiger partial charge in [0.2, 0.25) is 0 Å². The Morgan fingerprint density at radius 2 is 2.21 bits per heavy atom. The van der Waals surface area contributed by atoms with Gasteiger partial charge in [0, 0.05) is 18.7 Å². The average Bonchev–Trinajstić information content (AvgIpc) is 2.87. The van der Waals surface area contributed by atoms with Crippen LogP contribution >= 0.6 is 23.8 Å². The van der Waals surface area contributed by atoms with Gasteiger partial charge in [0.05, 0.1) is 17.8 Å². The van der Waals surface area contributed by atoms with Crippen molar-refractivity contribution in [3.63, 3.8) is 0 Å². The molecule has 1 heterocycles. The highest BCUT2D eigenvalue weighted by atomic mass is 35.5. The SMILES string of the molecule is COC(=O)N1CCCN1c1cc(C(N)=S)ccc1Cl. The lowest BCUT2D eigenvalue weighted by atomic mass is 10.2. The Morgan fingerprint density at radius 1 is 1.47 bits per heavy atom. The Bertz CT molecular complexity index is 524.